The van der Waals surface area contributed by atoms with Crippen molar-refractivity contribution >= 4 is 10.0 Å². The Morgan fingerprint density at radius 1 is 1.45 bits per heavy atom. The van der Waals surface area contributed by atoms with Crippen LogP contribution in [0.1, 0.15) is 18.4 Å². The highest BCUT2D eigenvalue weighted by molar-refractivity contribution is 7.89. The Morgan fingerprint density at radius 3 is 2.90 bits per heavy atom. The first-order valence-electron chi connectivity index (χ1n) is 6.59. The molecule has 1 atom stereocenters. The molecule has 1 aliphatic heterocycles. The third-order valence-corrected chi connectivity index (χ3v) is 4.87. The molecule has 20 heavy (non-hydrogen) atoms. The Balaban J connectivity index is 1.98. The first-order valence-corrected chi connectivity index (χ1v) is 8.07. The van der Waals surface area contributed by atoms with E-state index in [0.29, 0.717) is 19.1 Å². The van der Waals surface area contributed by atoms with Crippen molar-refractivity contribution in [3.05, 3.63) is 29.6 Å². The third-order valence-electron chi connectivity index (χ3n) is 3.42. The number of hydrogen-bond acceptors (Lipinski definition) is 4. The number of ether oxygens (including phenoxy) is 1. The summed E-state index contributed by atoms with van der Waals surface area (Å²) in [6, 6.07) is 3.65. The summed E-state index contributed by atoms with van der Waals surface area (Å²) >= 11 is 0. The average molecular weight is 302 g/mol. The van der Waals surface area contributed by atoms with Gasteiger partial charge in [0.1, 0.15) is 5.82 Å². The van der Waals surface area contributed by atoms with Crippen LogP contribution in [-0.4, -0.2) is 28.2 Å². The number of hydrogen-bond donors (Lipinski definition) is 2. The molecule has 112 valence electrons. The second-order valence-corrected chi connectivity index (χ2v) is 6.64. The molecule has 1 aromatic carbocycles. The second kappa shape index (κ2) is 6.62. The van der Waals surface area contributed by atoms with E-state index < -0.39 is 15.8 Å². The molecule has 1 saturated heterocycles. The minimum atomic E-state index is -3.61. The van der Waals surface area contributed by atoms with E-state index in [0.717, 1.165) is 25.5 Å². The second-order valence-electron chi connectivity index (χ2n) is 4.87. The predicted molar refractivity (Wildman–Crippen MR) is 73.0 cm³/mol. The zero-order chi connectivity index (χ0) is 14.6. The average Bonchev–Trinajstić information content (AvgIpc) is 2.92. The van der Waals surface area contributed by atoms with Gasteiger partial charge in [0, 0.05) is 31.9 Å². The summed E-state index contributed by atoms with van der Waals surface area (Å²) in [5.74, 6) is -0.0833. The molecular weight excluding hydrogens is 283 g/mol. The Bertz CT molecular complexity index is 557. The molecule has 1 aliphatic rings. The molecule has 1 heterocycles. The summed E-state index contributed by atoms with van der Waals surface area (Å²) in [6.07, 6.45) is 1.71. The summed E-state index contributed by atoms with van der Waals surface area (Å²) in [7, 11) is -3.61. The SMILES string of the molecule is NCc1cc(S(=O)(=O)NCCC2CCOC2)ccc1F. The van der Waals surface area contributed by atoms with Gasteiger partial charge < -0.3 is 10.5 Å². The van der Waals surface area contributed by atoms with Crippen molar-refractivity contribution in [3.63, 3.8) is 0 Å². The lowest BCUT2D eigenvalue weighted by Gasteiger charge is -2.10. The molecule has 0 aliphatic carbocycles. The van der Waals surface area contributed by atoms with Crippen molar-refractivity contribution < 1.29 is 17.5 Å². The maximum atomic E-state index is 13.3. The molecule has 1 aromatic rings. The summed E-state index contributed by atoms with van der Waals surface area (Å²) in [5.41, 5.74) is 5.57. The van der Waals surface area contributed by atoms with E-state index in [1.165, 1.54) is 12.1 Å². The molecule has 0 bridgehead atoms. The molecule has 7 heteroatoms. The lowest BCUT2D eigenvalue weighted by Crippen LogP contribution is -2.26. The largest absolute Gasteiger partial charge is 0.381 e. The number of nitrogens with two attached hydrogens (primary N) is 1. The maximum absolute atomic E-state index is 13.3. The molecule has 3 N–H and O–H groups in total. The van der Waals surface area contributed by atoms with Crippen LogP contribution in [0.2, 0.25) is 0 Å². The lowest BCUT2D eigenvalue weighted by molar-refractivity contribution is 0.184. The quantitative estimate of drug-likeness (QED) is 0.821. The van der Waals surface area contributed by atoms with Crippen LogP contribution in [0.15, 0.2) is 23.1 Å². The van der Waals surface area contributed by atoms with Crippen LogP contribution in [0, 0.1) is 11.7 Å². The molecule has 0 aromatic heterocycles. The van der Waals surface area contributed by atoms with Crippen LogP contribution in [0.3, 0.4) is 0 Å². The molecule has 1 fully saturated rings. The number of benzene rings is 1. The van der Waals surface area contributed by atoms with E-state index >= 15 is 0 Å². The van der Waals surface area contributed by atoms with Gasteiger partial charge in [0.2, 0.25) is 10.0 Å². The topological polar surface area (TPSA) is 81.4 Å². The first kappa shape index (κ1) is 15.4. The van der Waals surface area contributed by atoms with E-state index in [1.54, 1.807) is 0 Å². The van der Waals surface area contributed by atoms with E-state index in [1.807, 2.05) is 0 Å². The minimum Gasteiger partial charge on any atom is -0.381 e. The third kappa shape index (κ3) is 3.76. The highest BCUT2D eigenvalue weighted by Crippen LogP contribution is 2.17. The highest BCUT2D eigenvalue weighted by Gasteiger charge is 2.19. The zero-order valence-electron chi connectivity index (χ0n) is 11.1. The molecule has 1 unspecified atom stereocenters. The maximum Gasteiger partial charge on any atom is 0.240 e. The molecule has 0 saturated carbocycles. The lowest BCUT2D eigenvalue weighted by atomic mass is 10.1. The van der Waals surface area contributed by atoms with Gasteiger partial charge in [0.25, 0.3) is 0 Å². The van der Waals surface area contributed by atoms with E-state index in [-0.39, 0.29) is 17.0 Å². The monoisotopic (exact) mass is 302 g/mol. The van der Waals surface area contributed by atoms with Crippen LogP contribution < -0.4 is 10.5 Å². The fourth-order valence-corrected chi connectivity index (χ4v) is 3.26. The smallest absolute Gasteiger partial charge is 0.240 e. The van der Waals surface area contributed by atoms with Gasteiger partial charge in [0.15, 0.2) is 0 Å². The van der Waals surface area contributed by atoms with Crippen LogP contribution in [-0.2, 0) is 21.3 Å². The van der Waals surface area contributed by atoms with Gasteiger partial charge in [-0.1, -0.05) is 0 Å². The number of nitrogens with one attached hydrogen (secondary N) is 1. The number of rotatable bonds is 6. The Kier molecular flexibility index (Phi) is 5.09. The highest BCUT2D eigenvalue weighted by atomic mass is 32.2. The minimum absolute atomic E-state index is 0.0331. The van der Waals surface area contributed by atoms with Gasteiger partial charge in [0.05, 0.1) is 4.90 Å². The van der Waals surface area contributed by atoms with Gasteiger partial charge in [-0.25, -0.2) is 17.5 Å². The first-order chi connectivity index (χ1) is 9.53. The van der Waals surface area contributed by atoms with Crippen molar-refractivity contribution in [3.8, 4) is 0 Å². The van der Waals surface area contributed by atoms with Gasteiger partial charge in [-0.15, -0.1) is 0 Å². The van der Waals surface area contributed by atoms with Crippen LogP contribution in [0.5, 0.6) is 0 Å². The normalized spacial score (nSPS) is 19.4. The van der Waals surface area contributed by atoms with E-state index in [2.05, 4.69) is 4.72 Å². The Morgan fingerprint density at radius 2 is 2.25 bits per heavy atom. The van der Waals surface area contributed by atoms with Gasteiger partial charge in [-0.05, 0) is 37.0 Å². The zero-order valence-corrected chi connectivity index (χ0v) is 12.0. The van der Waals surface area contributed by atoms with Crippen LogP contribution in [0.4, 0.5) is 4.39 Å². The summed E-state index contributed by atoms with van der Waals surface area (Å²) in [6.45, 7) is 1.76. The van der Waals surface area contributed by atoms with Crippen molar-refractivity contribution in [2.45, 2.75) is 24.3 Å². The van der Waals surface area contributed by atoms with Gasteiger partial charge >= 0.3 is 0 Å². The number of sulfonamides is 1. The standard InChI is InChI=1S/C13H19FN2O3S/c14-13-2-1-12(7-11(13)8-15)20(17,18)16-5-3-10-4-6-19-9-10/h1-2,7,10,16H,3-6,8-9,15H2. The van der Waals surface area contributed by atoms with E-state index in [9.17, 15) is 12.8 Å². The molecule has 2 rings (SSSR count). The Labute approximate surface area is 118 Å². The van der Waals surface area contributed by atoms with Crippen LogP contribution >= 0.6 is 0 Å². The van der Waals surface area contributed by atoms with Crippen molar-refractivity contribution in [1.29, 1.82) is 0 Å². The molecule has 0 amide bonds. The van der Waals surface area contributed by atoms with Crippen molar-refractivity contribution in [2.24, 2.45) is 11.7 Å². The van der Waals surface area contributed by atoms with Crippen LogP contribution in [0.25, 0.3) is 0 Å². The van der Waals surface area contributed by atoms with E-state index in [4.69, 9.17) is 10.5 Å². The molecule has 0 radical (unpaired) electrons. The van der Waals surface area contributed by atoms with Gasteiger partial charge in [-0.3, -0.25) is 0 Å². The summed E-state index contributed by atoms with van der Waals surface area (Å²) in [4.78, 5) is 0.0435. The summed E-state index contributed by atoms with van der Waals surface area (Å²) in [5, 5.41) is 0. The fourth-order valence-electron chi connectivity index (χ4n) is 2.17. The Hall–Kier alpha value is -1.02. The molecule has 5 nitrogen and oxygen atoms in total. The van der Waals surface area contributed by atoms with Crippen molar-refractivity contribution in [1.82, 2.24) is 4.72 Å². The predicted octanol–water partition coefficient (Wildman–Crippen LogP) is 0.989. The fraction of sp³-hybridized carbons (Fsp3) is 0.538. The van der Waals surface area contributed by atoms with Gasteiger partial charge in [-0.2, -0.15) is 0 Å². The number of halogens is 1. The molecular formula is C13H19FN2O3S. The van der Waals surface area contributed by atoms with Crippen molar-refractivity contribution in [2.75, 3.05) is 19.8 Å². The summed E-state index contributed by atoms with van der Waals surface area (Å²) < 4.78 is 45.2. The molecule has 0 spiro atoms.